The fraction of sp³-hybridized carbons (Fsp3) is 0.0833. The molecule has 20 heavy (non-hydrogen) atoms. The first-order chi connectivity index (χ1) is 9.25. The lowest BCUT2D eigenvalue weighted by atomic mass is 10.2. The Bertz CT molecular complexity index is 656. The van der Waals surface area contributed by atoms with Crippen LogP contribution in [0.3, 0.4) is 0 Å². The lowest BCUT2D eigenvalue weighted by Gasteiger charge is -2.10. The standard InChI is InChI=1S/C12H6BrF3INOS/c13-8-2-7(12(14,15)16)3-9(4-8)18-11(19)6-1-10(17)20-5-6/h1-5H,(H,18,19). The Labute approximate surface area is 138 Å². The van der Waals surface area contributed by atoms with Gasteiger partial charge in [-0.15, -0.1) is 11.3 Å². The van der Waals surface area contributed by atoms with Crippen molar-refractivity contribution in [2.75, 3.05) is 5.32 Å². The quantitative estimate of drug-likeness (QED) is 0.580. The number of rotatable bonds is 2. The summed E-state index contributed by atoms with van der Waals surface area (Å²) in [6.45, 7) is 0. The number of benzene rings is 1. The second-order valence-corrected chi connectivity index (χ2v) is 7.54. The molecule has 1 aromatic carbocycles. The number of anilines is 1. The van der Waals surface area contributed by atoms with Crippen LogP contribution >= 0.6 is 49.9 Å². The Balaban J connectivity index is 2.25. The maximum atomic E-state index is 12.7. The van der Waals surface area contributed by atoms with Gasteiger partial charge in [-0.3, -0.25) is 4.79 Å². The van der Waals surface area contributed by atoms with Gasteiger partial charge in [-0.05, 0) is 46.9 Å². The van der Waals surface area contributed by atoms with Crippen molar-refractivity contribution in [1.82, 2.24) is 0 Å². The summed E-state index contributed by atoms with van der Waals surface area (Å²) in [5, 5.41) is 4.11. The SMILES string of the molecule is O=C(Nc1cc(Br)cc(C(F)(F)F)c1)c1csc(I)c1. The fourth-order valence-electron chi connectivity index (χ4n) is 1.46. The predicted molar refractivity (Wildman–Crippen MR) is 84.1 cm³/mol. The van der Waals surface area contributed by atoms with Crippen LogP contribution in [0.2, 0.25) is 0 Å². The highest BCUT2D eigenvalue weighted by Gasteiger charge is 2.31. The van der Waals surface area contributed by atoms with Gasteiger partial charge in [0.05, 0.1) is 14.0 Å². The van der Waals surface area contributed by atoms with E-state index in [2.05, 4.69) is 43.8 Å². The van der Waals surface area contributed by atoms with Crippen LogP contribution < -0.4 is 5.32 Å². The van der Waals surface area contributed by atoms with Gasteiger partial charge in [-0.25, -0.2) is 0 Å². The Morgan fingerprint density at radius 2 is 1.95 bits per heavy atom. The highest BCUT2D eigenvalue weighted by Crippen LogP contribution is 2.33. The number of amides is 1. The summed E-state index contributed by atoms with van der Waals surface area (Å²) >= 11 is 6.46. The summed E-state index contributed by atoms with van der Waals surface area (Å²) in [5.74, 6) is -0.435. The van der Waals surface area contributed by atoms with Crippen molar-refractivity contribution in [1.29, 1.82) is 0 Å². The van der Waals surface area contributed by atoms with Crippen LogP contribution in [0.4, 0.5) is 18.9 Å². The van der Waals surface area contributed by atoms with Crippen molar-refractivity contribution in [2.45, 2.75) is 6.18 Å². The van der Waals surface area contributed by atoms with Gasteiger partial charge >= 0.3 is 6.18 Å². The van der Waals surface area contributed by atoms with E-state index in [1.165, 1.54) is 17.4 Å². The number of carbonyl (C=O) groups excluding carboxylic acids is 1. The van der Waals surface area contributed by atoms with Crippen LogP contribution in [0, 0.1) is 2.88 Å². The van der Waals surface area contributed by atoms with E-state index in [9.17, 15) is 18.0 Å². The number of hydrogen-bond donors (Lipinski definition) is 1. The molecule has 8 heteroatoms. The molecule has 1 aromatic heterocycles. The molecule has 0 saturated heterocycles. The normalized spacial score (nSPS) is 11.4. The van der Waals surface area contributed by atoms with Gasteiger partial charge in [0.2, 0.25) is 0 Å². The molecule has 0 fully saturated rings. The van der Waals surface area contributed by atoms with E-state index >= 15 is 0 Å². The summed E-state index contributed by atoms with van der Waals surface area (Å²) < 4.78 is 39.2. The summed E-state index contributed by atoms with van der Waals surface area (Å²) in [5.41, 5.74) is -0.298. The van der Waals surface area contributed by atoms with Crippen molar-refractivity contribution >= 4 is 61.5 Å². The molecule has 106 valence electrons. The van der Waals surface area contributed by atoms with Gasteiger partial charge in [0.1, 0.15) is 0 Å². The van der Waals surface area contributed by atoms with Gasteiger partial charge in [0.25, 0.3) is 5.91 Å². The Kier molecular flexibility index (Phi) is 4.75. The van der Waals surface area contributed by atoms with E-state index < -0.39 is 17.6 Å². The zero-order valence-electron chi connectivity index (χ0n) is 9.59. The first-order valence-corrected chi connectivity index (χ1v) is 7.94. The predicted octanol–water partition coefficient (Wildman–Crippen LogP) is 5.39. The average Bonchev–Trinajstić information content (AvgIpc) is 2.74. The molecule has 1 amide bonds. The van der Waals surface area contributed by atoms with Crippen molar-refractivity contribution < 1.29 is 18.0 Å². The van der Waals surface area contributed by atoms with Crippen LogP contribution in [0.5, 0.6) is 0 Å². The van der Waals surface area contributed by atoms with Crippen molar-refractivity contribution in [3.05, 3.63) is 48.1 Å². The first-order valence-electron chi connectivity index (χ1n) is 5.19. The molecule has 2 nitrogen and oxygen atoms in total. The number of alkyl halides is 3. The molecule has 0 aliphatic heterocycles. The van der Waals surface area contributed by atoms with E-state index in [1.54, 1.807) is 11.4 Å². The highest BCUT2D eigenvalue weighted by atomic mass is 127. The molecule has 0 aliphatic rings. The lowest BCUT2D eigenvalue weighted by Crippen LogP contribution is -2.12. The Morgan fingerprint density at radius 3 is 2.50 bits per heavy atom. The summed E-state index contributed by atoms with van der Waals surface area (Å²) in [6.07, 6.45) is -4.46. The number of thiophene rings is 1. The van der Waals surface area contributed by atoms with Crippen LogP contribution in [0.1, 0.15) is 15.9 Å². The topological polar surface area (TPSA) is 29.1 Å². The van der Waals surface area contributed by atoms with Crippen LogP contribution in [-0.4, -0.2) is 5.91 Å². The third kappa shape index (κ3) is 3.95. The Morgan fingerprint density at radius 1 is 1.25 bits per heavy atom. The smallest absolute Gasteiger partial charge is 0.322 e. The lowest BCUT2D eigenvalue weighted by molar-refractivity contribution is -0.137. The third-order valence-electron chi connectivity index (χ3n) is 2.31. The van der Waals surface area contributed by atoms with Crippen LogP contribution in [-0.2, 0) is 6.18 Å². The van der Waals surface area contributed by atoms with E-state index in [0.29, 0.717) is 5.56 Å². The molecule has 0 unspecified atom stereocenters. The van der Waals surface area contributed by atoms with Crippen molar-refractivity contribution in [3.63, 3.8) is 0 Å². The van der Waals surface area contributed by atoms with E-state index in [4.69, 9.17) is 0 Å². The minimum Gasteiger partial charge on any atom is -0.322 e. The maximum absolute atomic E-state index is 12.7. The summed E-state index contributed by atoms with van der Waals surface area (Å²) in [6, 6.07) is 4.96. The van der Waals surface area contributed by atoms with Crippen LogP contribution in [0.15, 0.2) is 34.1 Å². The maximum Gasteiger partial charge on any atom is 0.416 e. The molecule has 0 aliphatic carbocycles. The summed E-state index contributed by atoms with van der Waals surface area (Å²) in [4.78, 5) is 11.9. The van der Waals surface area contributed by atoms with Gasteiger partial charge in [0.15, 0.2) is 0 Å². The molecule has 0 saturated carbocycles. The van der Waals surface area contributed by atoms with Crippen molar-refractivity contribution in [3.8, 4) is 0 Å². The molecule has 0 spiro atoms. The molecule has 1 heterocycles. The molecule has 2 rings (SSSR count). The molecule has 0 radical (unpaired) electrons. The van der Waals surface area contributed by atoms with Gasteiger partial charge in [-0.1, -0.05) is 15.9 Å². The molecular weight excluding hydrogens is 470 g/mol. The first kappa shape index (κ1) is 15.8. The van der Waals surface area contributed by atoms with E-state index in [-0.39, 0.29) is 10.2 Å². The van der Waals surface area contributed by atoms with Crippen molar-refractivity contribution in [2.24, 2.45) is 0 Å². The fourth-order valence-corrected chi connectivity index (χ4v) is 3.28. The van der Waals surface area contributed by atoms with E-state index in [1.807, 2.05) is 0 Å². The minimum absolute atomic E-state index is 0.0953. The molecule has 1 N–H and O–H groups in total. The van der Waals surface area contributed by atoms with Gasteiger partial charge < -0.3 is 5.32 Å². The second-order valence-electron chi connectivity index (χ2n) is 3.82. The summed E-state index contributed by atoms with van der Waals surface area (Å²) in [7, 11) is 0. The third-order valence-corrected chi connectivity index (χ3v) is 4.56. The number of nitrogens with one attached hydrogen (secondary N) is 1. The molecule has 0 bridgehead atoms. The molecular formula is C12H6BrF3INOS. The average molecular weight is 476 g/mol. The number of hydrogen-bond acceptors (Lipinski definition) is 2. The van der Waals surface area contributed by atoms with Crippen LogP contribution in [0.25, 0.3) is 0 Å². The molecule has 2 aromatic rings. The van der Waals surface area contributed by atoms with E-state index in [0.717, 1.165) is 15.0 Å². The monoisotopic (exact) mass is 475 g/mol. The largest absolute Gasteiger partial charge is 0.416 e. The molecule has 0 atom stereocenters. The minimum atomic E-state index is -4.46. The highest BCUT2D eigenvalue weighted by molar-refractivity contribution is 14.1. The number of halogens is 5. The zero-order chi connectivity index (χ0) is 14.9. The Hall–Kier alpha value is -0.610. The second kappa shape index (κ2) is 6.02. The number of carbonyl (C=O) groups is 1. The zero-order valence-corrected chi connectivity index (χ0v) is 14.2. The van der Waals surface area contributed by atoms with Gasteiger partial charge in [-0.2, -0.15) is 13.2 Å². The van der Waals surface area contributed by atoms with Gasteiger partial charge in [0, 0.05) is 15.5 Å².